The topological polar surface area (TPSA) is 91.0 Å². The van der Waals surface area contributed by atoms with Crippen molar-refractivity contribution in [3.8, 4) is 0 Å². The lowest BCUT2D eigenvalue weighted by Gasteiger charge is -1.98. The summed E-state index contributed by atoms with van der Waals surface area (Å²) in [4.78, 5) is 29.1. The molecule has 1 amide bonds. The van der Waals surface area contributed by atoms with Crippen molar-refractivity contribution < 1.29 is 14.3 Å². The summed E-state index contributed by atoms with van der Waals surface area (Å²) < 4.78 is 7.36. The summed E-state index contributed by atoms with van der Waals surface area (Å²) in [5, 5.41) is 2.51. The van der Waals surface area contributed by atoms with Gasteiger partial charge in [-0.2, -0.15) is 0 Å². The van der Waals surface area contributed by atoms with E-state index in [0.717, 1.165) is 0 Å². The minimum Gasteiger partial charge on any atom is -0.445 e. The normalized spacial score (nSPS) is 17.1. The van der Waals surface area contributed by atoms with Crippen molar-refractivity contribution in [1.82, 2.24) is 24.4 Å². The number of imidazole rings is 2. The van der Waals surface area contributed by atoms with E-state index in [-0.39, 0.29) is 18.2 Å². The van der Waals surface area contributed by atoms with Gasteiger partial charge >= 0.3 is 12.1 Å². The number of nitrogens with zero attached hydrogens (tertiary/aromatic N) is 4. The molecule has 100 valence electrons. The lowest BCUT2D eigenvalue weighted by molar-refractivity contribution is 0.148. The average molecular weight is 263 g/mol. The van der Waals surface area contributed by atoms with Crippen LogP contribution in [0.3, 0.4) is 0 Å². The van der Waals surface area contributed by atoms with Gasteiger partial charge in [0.1, 0.15) is 18.8 Å². The van der Waals surface area contributed by atoms with E-state index in [2.05, 4.69) is 20.0 Å². The third kappa shape index (κ3) is 3.41. The molecule has 0 aliphatic carbocycles. The number of nitrogens with one attached hydrogen (secondary N) is 1. The van der Waals surface area contributed by atoms with Crippen molar-refractivity contribution in [2.24, 2.45) is 0 Å². The molecule has 1 unspecified atom stereocenters. The van der Waals surface area contributed by atoms with Gasteiger partial charge in [0, 0.05) is 24.8 Å². The zero-order valence-corrected chi connectivity index (χ0v) is 10.3. The van der Waals surface area contributed by atoms with Crippen LogP contribution in [-0.2, 0) is 4.74 Å². The second-order valence-corrected chi connectivity index (χ2v) is 3.82. The molecule has 1 atom stereocenters. The van der Waals surface area contributed by atoms with Crippen molar-refractivity contribution >= 4 is 12.1 Å². The van der Waals surface area contributed by atoms with Gasteiger partial charge < -0.3 is 10.1 Å². The lowest BCUT2D eigenvalue weighted by atomic mass is 10.4. The summed E-state index contributed by atoms with van der Waals surface area (Å²) in [6.07, 6.45) is 8.93. The molecule has 3 rings (SSSR count). The molecule has 1 saturated heterocycles. The van der Waals surface area contributed by atoms with Crippen molar-refractivity contribution in [3.05, 3.63) is 37.4 Å². The fraction of sp³-hybridized carbons (Fsp3) is 0.273. The third-order valence-corrected chi connectivity index (χ3v) is 2.29. The Labute approximate surface area is 109 Å². The highest BCUT2D eigenvalue weighted by molar-refractivity contribution is 5.78. The summed E-state index contributed by atoms with van der Waals surface area (Å²) in [6, 6.07) is -0.190. The monoisotopic (exact) mass is 263 g/mol. The number of carbonyl (C=O) groups excluding carboxylic acids is 2. The quantitative estimate of drug-likeness (QED) is 0.755. The van der Waals surface area contributed by atoms with Crippen LogP contribution in [0.15, 0.2) is 37.4 Å². The van der Waals surface area contributed by atoms with Crippen LogP contribution < -0.4 is 5.32 Å². The molecule has 1 fully saturated rings. The molecule has 0 aromatic carbocycles. The highest BCUT2D eigenvalue weighted by atomic mass is 16.6. The molecule has 3 heterocycles. The molecule has 8 heteroatoms. The van der Waals surface area contributed by atoms with E-state index in [9.17, 15) is 9.59 Å². The van der Waals surface area contributed by atoms with Gasteiger partial charge in [0.05, 0.1) is 6.54 Å². The van der Waals surface area contributed by atoms with Gasteiger partial charge in [-0.25, -0.2) is 19.6 Å². The third-order valence-electron chi connectivity index (χ3n) is 2.29. The van der Waals surface area contributed by atoms with Gasteiger partial charge in [0.2, 0.25) is 0 Å². The molecule has 19 heavy (non-hydrogen) atoms. The van der Waals surface area contributed by atoms with E-state index in [0.29, 0.717) is 6.54 Å². The second kappa shape index (κ2) is 5.80. The Morgan fingerprint density at radius 3 is 2.16 bits per heavy atom. The SMILES string of the molecule is CC1CNC(=O)O1.O=C(n1ccnc1)n1ccnc1. The first-order valence-electron chi connectivity index (χ1n) is 5.62. The average Bonchev–Trinajstić information content (AvgIpc) is 3.10. The molecule has 0 saturated carbocycles. The van der Waals surface area contributed by atoms with Crippen molar-refractivity contribution in [3.63, 3.8) is 0 Å². The number of cyclic esters (lactones) is 1. The van der Waals surface area contributed by atoms with Crippen LogP contribution >= 0.6 is 0 Å². The summed E-state index contributed by atoms with van der Waals surface area (Å²) in [5.41, 5.74) is 0. The maximum atomic E-state index is 11.4. The summed E-state index contributed by atoms with van der Waals surface area (Å²) in [5.74, 6) is 0. The number of alkyl carbamates (subject to hydrolysis) is 1. The zero-order valence-electron chi connectivity index (χ0n) is 10.3. The number of carbonyl (C=O) groups is 2. The Balaban J connectivity index is 0.000000163. The molecule has 1 N–H and O–H groups in total. The first kappa shape index (κ1) is 12.8. The van der Waals surface area contributed by atoms with Gasteiger partial charge in [-0.3, -0.25) is 9.13 Å². The van der Waals surface area contributed by atoms with Gasteiger partial charge in [-0.05, 0) is 6.92 Å². The smallest absolute Gasteiger partial charge is 0.407 e. The molecule has 0 bridgehead atoms. The second-order valence-electron chi connectivity index (χ2n) is 3.82. The Morgan fingerprint density at radius 1 is 1.32 bits per heavy atom. The Hall–Kier alpha value is -2.64. The molecule has 2 aromatic rings. The standard InChI is InChI=1S/C7H6N4O.C4H7NO2/c12-7(10-3-1-8-5-10)11-4-2-9-6-11;1-3-2-5-4(6)7-3/h1-6H;3H,2H2,1H3,(H,5,6). The van der Waals surface area contributed by atoms with Crippen LogP contribution in [0.25, 0.3) is 0 Å². The number of hydrogen-bond donors (Lipinski definition) is 1. The molecule has 2 aromatic heterocycles. The molecular weight excluding hydrogens is 250 g/mol. The maximum Gasteiger partial charge on any atom is 0.407 e. The number of ether oxygens (including phenoxy) is 1. The van der Waals surface area contributed by atoms with E-state index >= 15 is 0 Å². The fourth-order valence-electron chi connectivity index (χ4n) is 1.37. The van der Waals surface area contributed by atoms with Gasteiger partial charge in [-0.15, -0.1) is 0 Å². The predicted octanol–water partition coefficient (Wildman–Crippen LogP) is 0.711. The van der Waals surface area contributed by atoms with Crippen molar-refractivity contribution in [1.29, 1.82) is 0 Å². The van der Waals surface area contributed by atoms with Gasteiger partial charge in [-0.1, -0.05) is 0 Å². The Bertz CT molecular complexity index is 498. The van der Waals surface area contributed by atoms with Crippen LogP contribution in [-0.4, -0.2) is 43.9 Å². The molecule has 1 aliphatic heterocycles. The minimum absolute atomic E-state index is 0.0625. The number of aromatic nitrogens is 4. The highest BCUT2D eigenvalue weighted by Crippen LogP contribution is 1.95. The van der Waals surface area contributed by atoms with Crippen molar-refractivity contribution in [2.45, 2.75) is 13.0 Å². The molecule has 1 aliphatic rings. The van der Waals surface area contributed by atoms with E-state index in [1.54, 1.807) is 24.8 Å². The fourth-order valence-corrected chi connectivity index (χ4v) is 1.37. The Kier molecular flexibility index (Phi) is 3.91. The molecular formula is C11H13N5O3. The summed E-state index contributed by atoms with van der Waals surface area (Å²) >= 11 is 0. The van der Waals surface area contributed by atoms with Gasteiger partial charge in [0.25, 0.3) is 0 Å². The van der Waals surface area contributed by atoms with Crippen molar-refractivity contribution in [2.75, 3.05) is 6.54 Å². The first-order valence-corrected chi connectivity index (χ1v) is 5.62. The minimum atomic E-state index is -0.299. The van der Waals surface area contributed by atoms with E-state index in [4.69, 9.17) is 0 Å². The molecule has 0 spiro atoms. The molecule has 8 nitrogen and oxygen atoms in total. The van der Waals surface area contributed by atoms with E-state index in [1.165, 1.54) is 21.8 Å². The summed E-state index contributed by atoms with van der Waals surface area (Å²) in [6.45, 7) is 2.50. The predicted molar refractivity (Wildman–Crippen MR) is 64.6 cm³/mol. The maximum absolute atomic E-state index is 11.4. The van der Waals surface area contributed by atoms with Gasteiger partial charge in [0.15, 0.2) is 0 Å². The number of rotatable bonds is 0. The lowest BCUT2D eigenvalue weighted by Crippen LogP contribution is -2.15. The Morgan fingerprint density at radius 2 is 1.89 bits per heavy atom. The zero-order chi connectivity index (χ0) is 13.7. The van der Waals surface area contributed by atoms with Crippen LogP contribution in [0.5, 0.6) is 0 Å². The van der Waals surface area contributed by atoms with E-state index in [1.807, 2.05) is 6.92 Å². The number of amides is 1. The first-order chi connectivity index (χ1) is 9.16. The van der Waals surface area contributed by atoms with Crippen LogP contribution in [0, 0.1) is 0 Å². The summed E-state index contributed by atoms with van der Waals surface area (Å²) in [7, 11) is 0. The van der Waals surface area contributed by atoms with E-state index < -0.39 is 0 Å². The van der Waals surface area contributed by atoms with Crippen LogP contribution in [0.1, 0.15) is 6.92 Å². The highest BCUT2D eigenvalue weighted by Gasteiger charge is 2.16. The number of hydrogen-bond acceptors (Lipinski definition) is 5. The van der Waals surface area contributed by atoms with Crippen LogP contribution in [0.2, 0.25) is 0 Å². The molecule has 0 radical (unpaired) electrons. The largest absolute Gasteiger partial charge is 0.445 e. The van der Waals surface area contributed by atoms with Crippen LogP contribution in [0.4, 0.5) is 9.59 Å².